The van der Waals surface area contributed by atoms with E-state index in [0.717, 1.165) is 180 Å². The van der Waals surface area contributed by atoms with Gasteiger partial charge in [0, 0.05) is 232 Å². The molecule has 0 spiro atoms. The van der Waals surface area contributed by atoms with Crippen LogP contribution in [-0.4, -0.2) is 113 Å². The minimum atomic E-state index is -0.777. The van der Waals surface area contributed by atoms with E-state index in [1.54, 1.807) is 28.4 Å². The number of methoxy groups -OCH3 is 7. The molecule has 0 aliphatic rings. The standard InChI is InChI=1S/C35H54O10.2C26H40O6.5Y/c1-6-25(2)23-24-27-26(3)32(44-30(40)21-17-13-9-7-11-15-19-28(36)37)34(42-4)35(43-5)33(27)45-31(41)22-18-14-10-8-12-16-20-29(38)39;1-18(2)16-17-21-19(3)20(4)24(30-6)26(31-7)25(21)32-23(28)15-13-11-9-8-10-12-14-22(27)29-5;1-7-18(2)16-17-21-19(3)24(30-5)26(31-6)25(20(21)4)32-23(29)15-13-11-9-8-10-12-14-22(27)28;;;;;/h23H,6-22,24H2,1-5H3,(H,36,37)(H,38,39);16H,8-15,17H2,1-7H3;16H,7-15,17H2,1-6H3,(H,27,28);;;;;/b25-23+;;18-16+;;;;;. The maximum absolute atomic E-state index is 13.0. The number of carbonyl (C=O) groups is 8. The number of carboxylic acid groups (broad SMARTS) is 3. The monoisotopic (exact) mass is 1980 g/mol. The first-order valence-corrected chi connectivity index (χ1v) is 39.3. The van der Waals surface area contributed by atoms with Crippen LogP contribution in [0.2, 0.25) is 0 Å². The average Bonchev–Trinajstić information content (AvgIpc) is 0.789. The normalized spacial score (nSPS) is 10.6. The van der Waals surface area contributed by atoms with Gasteiger partial charge in [0.15, 0.2) is 34.5 Å². The minimum Gasteiger partial charge on any atom is -0.492 e. The molecule has 3 aromatic carbocycles. The van der Waals surface area contributed by atoms with Gasteiger partial charge < -0.3 is 67.4 Å². The van der Waals surface area contributed by atoms with Gasteiger partial charge in [0.2, 0.25) is 23.0 Å². The van der Waals surface area contributed by atoms with E-state index in [0.29, 0.717) is 110 Å². The van der Waals surface area contributed by atoms with Crippen molar-refractivity contribution in [2.75, 3.05) is 49.8 Å². The van der Waals surface area contributed by atoms with Crippen molar-refractivity contribution in [1.82, 2.24) is 0 Å². The van der Waals surface area contributed by atoms with Crippen LogP contribution in [-0.2, 0) is 226 Å². The summed E-state index contributed by atoms with van der Waals surface area (Å²) < 4.78 is 61.7. The van der Waals surface area contributed by atoms with E-state index in [1.807, 2.05) is 55.4 Å². The van der Waals surface area contributed by atoms with E-state index in [4.69, 9.17) is 62.7 Å². The first-order valence-electron chi connectivity index (χ1n) is 39.3. The molecule has 0 atom stereocenters. The van der Waals surface area contributed by atoms with E-state index in [2.05, 4.69) is 43.7 Å². The topological polar surface area (TPSA) is 299 Å². The molecule has 0 heterocycles. The average molecular weight is 1980 g/mol. The second-order valence-corrected chi connectivity index (χ2v) is 27.9. The molecule has 0 aliphatic carbocycles. The first kappa shape index (κ1) is 119. The molecule has 114 heavy (non-hydrogen) atoms. The van der Waals surface area contributed by atoms with Gasteiger partial charge in [-0.05, 0) is 174 Å². The van der Waals surface area contributed by atoms with Gasteiger partial charge in [-0.15, -0.1) is 0 Å². The fourth-order valence-corrected chi connectivity index (χ4v) is 12.2. The Kier molecular flexibility index (Phi) is 75.1. The molecule has 0 saturated heterocycles. The molecule has 0 fully saturated rings. The Morgan fingerprint density at radius 1 is 0.263 bits per heavy atom. The molecular weight excluding hydrogens is 1840 g/mol. The smallest absolute Gasteiger partial charge is 0.311 e. The van der Waals surface area contributed by atoms with Crippen molar-refractivity contribution < 1.29 is 269 Å². The third-order valence-corrected chi connectivity index (χ3v) is 19.3. The number of unbranched alkanes of at least 4 members (excludes halogenated alkanes) is 20. The maximum atomic E-state index is 13.0. The van der Waals surface area contributed by atoms with Gasteiger partial charge in [0.05, 0.1) is 49.8 Å². The number of carbonyl (C=O) groups excluding carboxylic acids is 5. The van der Waals surface area contributed by atoms with Gasteiger partial charge in [0.1, 0.15) is 0 Å². The summed E-state index contributed by atoms with van der Waals surface area (Å²) in [6, 6.07) is 0. The molecule has 5 radical (unpaired) electrons. The Bertz CT molecular complexity index is 3430. The van der Waals surface area contributed by atoms with E-state index in [1.165, 1.54) is 32.5 Å². The maximum Gasteiger partial charge on any atom is 0.311 e. The van der Waals surface area contributed by atoms with Crippen molar-refractivity contribution >= 4 is 47.8 Å². The number of rotatable bonds is 54. The molecule has 22 nitrogen and oxygen atoms in total. The Hall–Kier alpha value is -3.04. The van der Waals surface area contributed by atoms with Crippen LogP contribution in [0.1, 0.15) is 304 Å². The Morgan fingerprint density at radius 3 is 0.772 bits per heavy atom. The van der Waals surface area contributed by atoms with Crippen molar-refractivity contribution in [1.29, 1.82) is 0 Å². The minimum absolute atomic E-state index is 0. The molecule has 27 heteroatoms. The fourth-order valence-electron chi connectivity index (χ4n) is 12.2. The van der Waals surface area contributed by atoms with Crippen molar-refractivity contribution in [2.24, 2.45) is 0 Å². The largest absolute Gasteiger partial charge is 0.492 e. The van der Waals surface area contributed by atoms with E-state index in [-0.39, 0.29) is 237 Å². The van der Waals surface area contributed by atoms with E-state index < -0.39 is 29.8 Å². The van der Waals surface area contributed by atoms with Crippen LogP contribution in [0.25, 0.3) is 0 Å². The van der Waals surface area contributed by atoms with Crippen LogP contribution in [0.3, 0.4) is 0 Å². The summed E-state index contributed by atoms with van der Waals surface area (Å²) in [7, 11) is 10.6. The summed E-state index contributed by atoms with van der Waals surface area (Å²) in [5, 5.41) is 26.1. The molecule has 3 aromatic rings. The van der Waals surface area contributed by atoms with Gasteiger partial charge in [-0.25, -0.2) is 0 Å². The van der Waals surface area contributed by atoms with Crippen LogP contribution >= 0.6 is 0 Å². The third kappa shape index (κ3) is 48.4. The van der Waals surface area contributed by atoms with Gasteiger partial charge >= 0.3 is 47.8 Å². The van der Waals surface area contributed by atoms with Gasteiger partial charge in [0.25, 0.3) is 0 Å². The first-order chi connectivity index (χ1) is 52.1. The zero-order valence-corrected chi connectivity index (χ0v) is 86.6. The Morgan fingerprint density at radius 2 is 0.482 bits per heavy atom. The number of ether oxygens (including phenoxy) is 11. The number of aliphatic carboxylic acids is 3. The second-order valence-electron chi connectivity index (χ2n) is 27.9. The molecule has 629 valence electrons. The predicted octanol–water partition coefficient (Wildman–Crippen LogP) is 20.5. The number of hydrogen-bond acceptors (Lipinski definition) is 19. The molecule has 3 rings (SSSR count). The quantitative estimate of drug-likeness (QED) is 0.0205. The summed E-state index contributed by atoms with van der Waals surface area (Å²) >= 11 is 0. The van der Waals surface area contributed by atoms with Crippen molar-refractivity contribution in [3.63, 3.8) is 0 Å². The number of allylic oxidation sites excluding steroid dienone is 6. The van der Waals surface area contributed by atoms with Crippen LogP contribution < -0.4 is 47.4 Å². The van der Waals surface area contributed by atoms with Crippen molar-refractivity contribution in [2.45, 2.75) is 314 Å². The van der Waals surface area contributed by atoms with Crippen LogP contribution in [0, 0.1) is 34.6 Å². The van der Waals surface area contributed by atoms with Gasteiger partial charge in [-0.3, -0.25) is 38.4 Å². The summed E-state index contributed by atoms with van der Waals surface area (Å²) in [5.74, 6) is 0.0815. The summed E-state index contributed by atoms with van der Waals surface area (Å²) in [4.78, 5) is 93.9. The Balaban J connectivity index is -0.000000521. The zero-order chi connectivity index (χ0) is 81.8. The van der Waals surface area contributed by atoms with E-state index in [9.17, 15) is 38.4 Å². The molecule has 0 aromatic heterocycles. The summed E-state index contributed by atoms with van der Waals surface area (Å²) in [5.41, 5.74) is 10.9. The SMILES string of the molecule is CC/C(C)=C/Cc1c(C)c(OC(=O)CCCCCCCCC(=O)O)c(OC)c(OC)c1OC(=O)CCCCCCCCC(=O)O.CC/C(C)=C/Cc1c(C)c(OC)c(OC)c(OC(=O)CCCCCCCCC(=O)O)c1C.COC(=O)CCCCCCCCC(=O)Oc1c(CC=C(C)C)c(C)c(C)c(OC)c1OC.[Y].[Y].[Y].[Y].[Y]. The molecule has 0 unspecified atom stereocenters. The molecule has 0 bridgehead atoms. The number of esters is 5. The van der Waals surface area contributed by atoms with Crippen LogP contribution in [0.15, 0.2) is 34.9 Å². The number of carboxylic acids is 3. The molecule has 0 amide bonds. The molecular formula is C87H134O22Y5. The van der Waals surface area contributed by atoms with E-state index >= 15 is 0 Å². The second kappa shape index (κ2) is 71.7. The predicted molar refractivity (Wildman–Crippen MR) is 426 cm³/mol. The summed E-state index contributed by atoms with van der Waals surface area (Å²) in [6.07, 6.45) is 32.8. The van der Waals surface area contributed by atoms with Crippen molar-refractivity contribution in [3.05, 3.63) is 79.5 Å². The van der Waals surface area contributed by atoms with Crippen LogP contribution in [0.4, 0.5) is 0 Å². The fraction of sp³-hybridized carbons (Fsp3) is 0.632. The third-order valence-electron chi connectivity index (χ3n) is 19.3. The number of benzene rings is 3. The summed E-state index contributed by atoms with van der Waals surface area (Å²) in [6.45, 7) is 22.2. The van der Waals surface area contributed by atoms with Gasteiger partial charge in [-0.1, -0.05) is 152 Å². The Labute approximate surface area is 808 Å². The van der Waals surface area contributed by atoms with Crippen LogP contribution in [0.5, 0.6) is 57.5 Å². The van der Waals surface area contributed by atoms with Crippen molar-refractivity contribution in [3.8, 4) is 57.5 Å². The molecule has 0 saturated carbocycles. The number of hydrogen-bond donors (Lipinski definition) is 3. The molecule has 3 N–H and O–H groups in total. The zero-order valence-electron chi connectivity index (χ0n) is 72.4. The molecule has 0 aliphatic heterocycles. The van der Waals surface area contributed by atoms with Gasteiger partial charge in [-0.2, -0.15) is 0 Å².